The number of rotatable bonds is 5. The molecule has 7 heteroatoms. The lowest BCUT2D eigenvalue weighted by Crippen LogP contribution is -2.36. The van der Waals surface area contributed by atoms with E-state index in [1.165, 1.54) is 4.68 Å². The molecule has 0 aliphatic heterocycles. The van der Waals surface area contributed by atoms with Gasteiger partial charge in [-0.25, -0.2) is 4.68 Å². The molecule has 1 unspecified atom stereocenters. The van der Waals surface area contributed by atoms with Gasteiger partial charge in [-0.1, -0.05) is 0 Å². The number of hydrogen-bond donors (Lipinski definition) is 1. The highest BCUT2D eigenvalue weighted by atomic mass is 16.2. The maximum atomic E-state index is 12.3. The number of carbonyl (C=O) groups excluding carboxylic acids is 1. The third-order valence-electron chi connectivity index (χ3n) is 4.25. The Bertz CT molecular complexity index is 735. The van der Waals surface area contributed by atoms with Gasteiger partial charge in [0.1, 0.15) is 0 Å². The fourth-order valence-corrected chi connectivity index (χ4v) is 2.94. The number of nitrogens with one attached hydrogen (secondary N) is 1. The van der Waals surface area contributed by atoms with Gasteiger partial charge in [-0.2, -0.15) is 10.2 Å². The number of nitrogens with zero attached hydrogens (tertiary/aromatic N) is 4. The van der Waals surface area contributed by atoms with E-state index in [9.17, 15) is 9.59 Å². The van der Waals surface area contributed by atoms with Crippen LogP contribution < -0.4 is 10.9 Å². The van der Waals surface area contributed by atoms with Gasteiger partial charge in [0.2, 0.25) is 5.91 Å². The van der Waals surface area contributed by atoms with Crippen molar-refractivity contribution < 1.29 is 4.79 Å². The number of fused-ring (bicyclic) bond motifs is 1. The van der Waals surface area contributed by atoms with Crippen LogP contribution in [0.4, 0.5) is 0 Å². The van der Waals surface area contributed by atoms with Crippen LogP contribution in [0.15, 0.2) is 29.3 Å². The van der Waals surface area contributed by atoms with Crippen molar-refractivity contribution in [2.45, 2.75) is 32.2 Å². The summed E-state index contributed by atoms with van der Waals surface area (Å²) in [6.45, 7) is 1.43. The van der Waals surface area contributed by atoms with Gasteiger partial charge < -0.3 is 5.32 Å². The molecule has 0 spiro atoms. The maximum absolute atomic E-state index is 12.3. The lowest BCUT2D eigenvalue weighted by molar-refractivity contribution is -0.125. The predicted octanol–water partition coefficient (Wildman–Crippen LogP) is 0.288. The van der Waals surface area contributed by atoms with E-state index in [0.29, 0.717) is 13.0 Å². The summed E-state index contributed by atoms with van der Waals surface area (Å²) >= 11 is 0. The van der Waals surface area contributed by atoms with Crippen molar-refractivity contribution in [1.29, 1.82) is 0 Å². The van der Waals surface area contributed by atoms with Crippen molar-refractivity contribution in [1.82, 2.24) is 24.9 Å². The molecule has 23 heavy (non-hydrogen) atoms. The molecule has 1 aliphatic rings. The van der Waals surface area contributed by atoms with Gasteiger partial charge in [-0.15, -0.1) is 0 Å². The minimum Gasteiger partial charge on any atom is -0.356 e. The highest BCUT2D eigenvalue weighted by Crippen LogP contribution is 2.23. The van der Waals surface area contributed by atoms with Crippen LogP contribution in [0, 0.1) is 5.92 Å². The van der Waals surface area contributed by atoms with Gasteiger partial charge >= 0.3 is 0 Å². The zero-order valence-corrected chi connectivity index (χ0v) is 13.2. The van der Waals surface area contributed by atoms with Crippen LogP contribution in [-0.2, 0) is 31.2 Å². The lowest BCUT2D eigenvalue weighted by atomic mass is 9.86. The normalized spacial score (nSPS) is 16.8. The summed E-state index contributed by atoms with van der Waals surface area (Å²) in [5.74, 6) is -0.00194. The second-order valence-electron chi connectivity index (χ2n) is 5.93. The van der Waals surface area contributed by atoms with E-state index in [1.807, 2.05) is 16.9 Å². The second-order valence-corrected chi connectivity index (χ2v) is 5.93. The van der Waals surface area contributed by atoms with Crippen LogP contribution in [0.3, 0.4) is 0 Å². The molecule has 0 saturated heterocycles. The average Bonchev–Trinajstić information content (AvgIpc) is 3.05. The molecule has 1 aliphatic carbocycles. The number of carbonyl (C=O) groups is 1. The Kier molecular flexibility index (Phi) is 4.55. The number of aryl methyl sites for hydroxylation is 3. The largest absolute Gasteiger partial charge is 0.356 e. The lowest BCUT2D eigenvalue weighted by Gasteiger charge is -2.23. The summed E-state index contributed by atoms with van der Waals surface area (Å²) in [7, 11) is 1.65. The highest BCUT2D eigenvalue weighted by molar-refractivity contribution is 5.79. The van der Waals surface area contributed by atoms with Gasteiger partial charge in [0.05, 0.1) is 5.69 Å². The first-order valence-corrected chi connectivity index (χ1v) is 7.95. The molecule has 122 valence electrons. The van der Waals surface area contributed by atoms with E-state index in [-0.39, 0.29) is 17.4 Å². The maximum Gasteiger partial charge on any atom is 0.266 e. The SMILES string of the molecule is Cn1nc2c(cc1=O)CC(C(=O)NCCCn1cccn1)CC2. The Morgan fingerprint density at radius 2 is 2.35 bits per heavy atom. The van der Waals surface area contributed by atoms with E-state index in [0.717, 1.165) is 37.1 Å². The van der Waals surface area contributed by atoms with Crippen LogP contribution in [-0.4, -0.2) is 32.0 Å². The first kappa shape index (κ1) is 15.5. The topological polar surface area (TPSA) is 81.8 Å². The van der Waals surface area contributed by atoms with Gasteiger partial charge in [0.15, 0.2) is 0 Å². The second kappa shape index (κ2) is 6.76. The minimum atomic E-state index is -0.121. The predicted molar refractivity (Wildman–Crippen MR) is 84.8 cm³/mol. The quantitative estimate of drug-likeness (QED) is 0.804. The molecule has 2 heterocycles. The van der Waals surface area contributed by atoms with Gasteiger partial charge in [0.25, 0.3) is 5.56 Å². The standard InChI is InChI=1S/C16H21N5O2/c1-20-15(22)11-13-10-12(4-5-14(13)19-20)16(23)17-6-2-8-21-9-3-7-18-21/h3,7,9,11-12H,2,4-6,8,10H2,1H3,(H,17,23). The molecule has 1 atom stereocenters. The first-order valence-electron chi connectivity index (χ1n) is 7.95. The Morgan fingerprint density at radius 3 is 3.13 bits per heavy atom. The first-order chi connectivity index (χ1) is 11.1. The van der Waals surface area contributed by atoms with E-state index >= 15 is 0 Å². The van der Waals surface area contributed by atoms with E-state index in [4.69, 9.17) is 0 Å². The molecule has 0 bridgehead atoms. The van der Waals surface area contributed by atoms with E-state index in [1.54, 1.807) is 19.3 Å². The molecule has 0 aromatic carbocycles. The van der Waals surface area contributed by atoms with Crippen molar-refractivity contribution in [3.63, 3.8) is 0 Å². The fourth-order valence-electron chi connectivity index (χ4n) is 2.94. The zero-order chi connectivity index (χ0) is 16.2. The fraction of sp³-hybridized carbons (Fsp3) is 0.500. The molecule has 1 N–H and O–H groups in total. The summed E-state index contributed by atoms with van der Waals surface area (Å²) in [6.07, 6.45) is 6.63. The average molecular weight is 315 g/mol. The molecule has 2 aromatic heterocycles. The molecule has 3 rings (SSSR count). The molecular weight excluding hydrogens is 294 g/mol. The van der Waals surface area contributed by atoms with Gasteiger partial charge in [-0.05, 0) is 37.3 Å². The molecule has 0 fully saturated rings. The van der Waals surface area contributed by atoms with E-state index < -0.39 is 0 Å². The van der Waals surface area contributed by atoms with Crippen molar-refractivity contribution in [3.05, 3.63) is 46.1 Å². The highest BCUT2D eigenvalue weighted by Gasteiger charge is 2.25. The van der Waals surface area contributed by atoms with Crippen molar-refractivity contribution in [2.24, 2.45) is 13.0 Å². The molecule has 0 radical (unpaired) electrons. The summed E-state index contributed by atoms with van der Waals surface area (Å²) in [4.78, 5) is 24.0. The third kappa shape index (κ3) is 3.67. The summed E-state index contributed by atoms with van der Waals surface area (Å²) in [5.41, 5.74) is 1.73. The molecule has 0 saturated carbocycles. The van der Waals surface area contributed by atoms with Crippen molar-refractivity contribution in [2.75, 3.05) is 6.54 Å². The smallest absolute Gasteiger partial charge is 0.266 e. The Morgan fingerprint density at radius 1 is 1.48 bits per heavy atom. The Balaban J connectivity index is 1.50. The molecule has 2 aromatic rings. The Labute approximate surface area is 134 Å². The van der Waals surface area contributed by atoms with Crippen LogP contribution in [0.2, 0.25) is 0 Å². The van der Waals surface area contributed by atoms with Crippen LogP contribution in [0.1, 0.15) is 24.1 Å². The Hall–Kier alpha value is -2.44. The summed E-state index contributed by atoms with van der Waals surface area (Å²) in [5, 5.41) is 11.4. The molecular formula is C16H21N5O2. The van der Waals surface area contributed by atoms with Crippen LogP contribution >= 0.6 is 0 Å². The zero-order valence-electron chi connectivity index (χ0n) is 13.2. The van der Waals surface area contributed by atoms with Gasteiger partial charge in [-0.3, -0.25) is 14.3 Å². The number of hydrogen-bond acceptors (Lipinski definition) is 4. The third-order valence-corrected chi connectivity index (χ3v) is 4.25. The van der Waals surface area contributed by atoms with Crippen LogP contribution in [0.5, 0.6) is 0 Å². The summed E-state index contributed by atoms with van der Waals surface area (Å²) in [6, 6.07) is 3.50. The van der Waals surface area contributed by atoms with Crippen molar-refractivity contribution in [3.8, 4) is 0 Å². The van der Waals surface area contributed by atoms with Crippen molar-refractivity contribution >= 4 is 5.91 Å². The molecule has 1 amide bonds. The number of amides is 1. The number of aromatic nitrogens is 4. The van der Waals surface area contributed by atoms with E-state index in [2.05, 4.69) is 15.5 Å². The molecule has 7 nitrogen and oxygen atoms in total. The van der Waals surface area contributed by atoms with Crippen LogP contribution in [0.25, 0.3) is 0 Å². The monoisotopic (exact) mass is 315 g/mol. The van der Waals surface area contributed by atoms with Gasteiger partial charge in [0, 0.05) is 44.5 Å². The minimum absolute atomic E-state index is 0.0665. The summed E-state index contributed by atoms with van der Waals surface area (Å²) < 4.78 is 3.21.